The highest BCUT2D eigenvalue weighted by Gasteiger charge is 2.16. The van der Waals surface area contributed by atoms with Gasteiger partial charge in [0.25, 0.3) is 10.0 Å². The molecular weight excluding hydrogens is 294 g/mol. The first-order chi connectivity index (χ1) is 9.42. The standard InChI is InChI=1S/C13H17N3O2S2/c1-4-14-11-5-7-12(8-6-11)20(17,18)16-13-15-9(2)10(3)19-13/h5-8,14H,4H2,1-3H3,(H,15,16). The third kappa shape index (κ3) is 3.29. The van der Waals surface area contributed by atoms with Gasteiger partial charge in [0.1, 0.15) is 0 Å². The number of sulfonamides is 1. The van der Waals surface area contributed by atoms with Gasteiger partial charge in [0.2, 0.25) is 0 Å². The van der Waals surface area contributed by atoms with Crippen molar-refractivity contribution in [1.82, 2.24) is 4.98 Å². The van der Waals surface area contributed by atoms with Crippen LogP contribution in [0.5, 0.6) is 0 Å². The van der Waals surface area contributed by atoms with Crippen molar-refractivity contribution in [2.75, 3.05) is 16.6 Å². The van der Waals surface area contributed by atoms with Gasteiger partial charge in [0, 0.05) is 17.1 Å². The molecule has 0 unspecified atom stereocenters. The molecule has 20 heavy (non-hydrogen) atoms. The first kappa shape index (κ1) is 14.8. The molecule has 0 spiro atoms. The van der Waals surface area contributed by atoms with E-state index in [-0.39, 0.29) is 4.90 Å². The molecule has 7 heteroatoms. The average molecular weight is 311 g/mol. The molecule has 0 bridgehead atoms. The summed E-state index contributed by atoms with van der Waals surface area (Å²) in [7, 11) is -3.58. The minimum atomic E-state index is -3.58. The Labute approximate surface area is 123 Å². The van der Waals surface area contributed by atoms with Crippen molar-refractivity contribution in [1.29, 1.82) is 0 Å². The highest BCUT2D eigenvalue weighted by molar-refractivity contribution is 7.93. The Kier molecular flexibility index (Phi) is 4.29. The summed E-state index contributed by atoms with van der Waals surface area (Å²) >= 11 is 1.33. The van der Waals surface area contributed by atoms with E-state index in [1.807, 2.05) is 20.8 Å². The van der Waals surface area contributed by atoms with Crippen molar-refractivity contribution < 1.29 is 8.42 Å². The summed E-state index contributed by atoms with van der Waals surface area (Å²) in [6, 6.07) is 6.65. The van der Waals surface area contributed by atoms with Crippen molar-refractivity contribution in [2.24, 2.45) is 0 Å². The summed E-state index contributed by atoms with van der Waals surface area (Å²) in [6.45, 7) is 6.55. The molecule has 1 aromatic heterocycles. The van der Waals surface area contributed by atoms with Crippen LogP contribution in [0.1, 0.15) is 17.5 Å². The zero-order valence-electron chi connectivity index (χ0n) is 11.6. The fourth-order valence-electron chi connectivity index (χ4n) is 1.65. The van der Waals surface area contributed by atoms with E-state index >= 15 is 0 Å². The van der Waals surface area contributed by atoms with E-state index < -0.39 is 10.0 Å². The van der Waals surface area contributed by atoms with Crippen LogP contribution in [-0.4, -0.2) is 19.9 Å². The van der Waals surface area contributed by atoms with Crippen molar-refractivity contribution >= 4 is 32.2 Å². The maximum Gasteiger partial charge on any atom is 0.263 e. The van der Waals surface area contributed by atoms with Gasteiger partial charge < -0.3 is 5.32 Å². The number of aromatic nitrogens is 1. The van der Waals surface area contributed by atoms with Gasteiger partial charge in [-0.2, -0.15) is 0 Å². The average Bonchev–Trinajstić information content (AvgIpc) is 2.68. The summed E-state index contributed by atoms with van der Waals surface area (Å²) < 4.78 is 27.0. The Hall–Kier alpha value is -1.60. The van der Waals surface area contributed by atoms with Gasteiger partial charge in [-0.05, 0) is 45.0 Å². The van der Waals surface area contributed by atoms with Crippen LogP contribution in [-0.2, 0) is 10.0 Å². The summed E-state index contributed by atoms with van der Waals surface area (Å²) in [5, 5.41) is 3.52. The quantitative estimate of drug-likeness (QED) is 0.890. The zero-order valence-corrected chi connectivity index (χ0v) is 13.2. The molecule has 0 amide bonds. The third-order valence-electron chi connectivity index (χ3n) is 2.80. The first-order valence-electron chi connectivity index (χ1n) is 6.23. The predicted molar refractivity (Wildman–Crippen MR) is 83.0 cm³/mol. The lowest BCUT2D eigenvalue weighted by molar-refractivity contribution is 0.601. The Morgan fingerprint density at radius 2 is 1.85 bits per heavy atom. The van der Waals surface area contributed by atoms with Gasteiger partial charge in [-0.1, -0.05) is 0 Å². The minimum absolute atomic E-state index is 0.227. The fourth-order valence-corrected chi connectivity index (χ4v) is 3.70. The summed E-state index contributed by atoms with van der Waals surface area (Å²) in [5.41, 5.74) is 1.74. The van der Waals surface area contributed by atoms with E-state index in [4.69, 9.17) is 0 Å². The van der Waals surface area contributed by atoms with Gasteiger partial charge in [-0.3, -0.25) is 4.72 Å². The van der Waals surface area contributed by atoms with Crippen molar-refractivity contribution in [3.8, 4) is 0 Å². The Bertz CT molecular complexity index is 671. The van der Waals surface area contributed by atoms with E-state index in [0.29, 0.717) is 5.13 Å². The number of hydrogen-bond acceptors (Lipinski definition) is 5. The summed E-state index contributed by atoms with van der Waals surface area (Å²) in [5.74, 6) is 0. The molecule has 0 aliphatic heterocycles. The summed E-state index contributed by atoms with van der Waals surface area (Å²) in [4.78, 5) is 5.42. The first-order valence-corrected chi connectivity index (χ1v) is 8.53. The molecule has 0 atom stereocenters. The Morgan fingerprint density at radius 3 is 2.35 bits per heavy atom. The lowest BCUT2D eigenvalue weighted by Crippen LogP contribution is -2.12. The molecule has 1 aromatic carbocycles. The van der Waals surface area contributed by atoms with Gasteiger partial charge in [-0.15, -0.1) is 11.3 Å². The predicted octanol–water partition coefficient (Wildman–Crippen LogP) is 2.99. The SMILES string of the molecule is CCNc1ccc(S(=O)(=O)Nc2nc(C)c(C)s2)cc1. The van der Waals surface area contributed by atoms with Crippen LogP contribution in [0.2, 0.25) is 0 Å². The lowest BCUT2D eigenvalue weighted by Gasteiger charge is -2.07. The maximum atomic E-state index is 12.2. The van der Waals surface area contributed by atoms with Gasteiger partial charge in [0.05, 0.1) is 10.6 Å². The van der Waals surface area contributed by atoms with Gasteiger partial charge in [0.15, 0.2) is 5.13 Å². The lowest BCUT2D eigenvalue weighted by atomic mass is 10.3. The fraction of sp³-hybridized carbons (Fsp3) is 0.308. The number of benzene rings is 1. The van der Waals surface area contributed by atoms with Crippen LogP contribution in [0.4, 0.5) is 10.8 Å². The van der Waals surface area contributed by atoms with Gasteiger partial charge in [-0.25, -0.2) is 13.4 Å². The van der Waals surface area contributed by atoms with Crippen LogP contribution in [0.25, 0.3) is 0 Å². The molecule has 108 valence electrons. The molecule has 2 aromatic rings. The number of hydrogen-bond donors (Lipinski definition) is 2. The van der Waals surface area contributed by atoms with E-state index in [1.54, 1.807) is 24.3 Å². The van der Waals surface area contributed by atoms with Crippen LogP contribution in [0.15, 0.2) is 29.2 Å². The molecule has 0 radical (unpaired) electrons. The number of thiazole rings is 1. The van der Waals surface area contributed by atoms with E-state index in [0.717, 1.165) is 22.8 Å². The topological polar surface area (TPSA) is 71.1 Å². The molecule has 2 N–H and O–H groups in total. The molecule has 0 aliphatic rings. The molecule has 5 nitrogen and oxygen atoms in total. The maximum absolute atomic E-state index is 12.2. The van der Waals surface area contributed by atoms with Crippen LogP contribution < -0.4 is 10.0 Å². The third-order valence-corrected chi connectivity index (χ3v) is 5.27. The molecule has 1 heterocycles. The highest BCUT2D eigenvalue weighted by Crippen LogP contribution is 2.24. The monoisotopic (exact) mass is 311 g/mol. The molecular formula is C13H17N3O2S2. The van der Waals surface area contributed by atoms with Crippen LogP contribution in [0, 0.1) is 13.8 Å². The minimum Gasteiger partial charge on any atom is -0.385 e. The second-order valence-corrected chi connectivity index (χ2v) is 7.21. The van der Waals surface area contributed by atoms with E-state index in [2.05, 4.69) is 15.0 Å². The van der Waals surface area contributed by atoms with E-state index in [9.17, 15) is 8.42 Å². The largest absolute Gasteiger partial charge is 0.385 e. The number of anilines is 2. The number of rotatable bonds is 5. The normalized spacial score (nSPS) is 11.3. The molecule has 0 aliphatic carbocycles. The van der Waals surface area contributed by atoms with Crippen LogP contribution in [0.3, 0.4) is 0 Å². The van der Waals surface area contributed by atoms with Crippen molar-refractivity contribution in [2.45, 2.75) is 25.7 Å². The van der Waals surface area contributed by atoms with Crippen molar-refractivity contribution in [3.63, 3.8) is 0 Å². The number of aryl methyl sites for hydroxylation is 2. The molecule has 0 saturated carbocycles. The number of nitrogens with one attached hydrogen (secondary N) is 2. The molecule has 2 rings (SSSR count). The molecule has 0 saturated heterocycles. The van der Waals surface area contributed by atoms with Gasteiger partial charge >= 0.3 is 0 Å². The van der Waals surface area contributed by atoms with Crippen LogP contribution >= 0.6 is 11.3 Å². The smallest absolute Gasteiger partial charge is 0.263 e. The zero-order chi connectivity index (χ0) is 14.8. The second-order valence-electron chi connectivity index (χ2n) is 4.32. The van der Waals surface area contributed by atoms with Crippen molar-refractivity contribution in [3.05, 3.63) is 34.8 Å². The Balaban J connectivity index is 2.21. The summed E-state index contributed by atoms with van der Waals surface area (Å²) in [6.07, 6.45) is 0. The second kappa shape index (κ2) is 5.80. The Morgan fingerprint density at radius 1 is 1.20 bits per heavy atom. The number of nitrogens with zero attached hydrogens (tertiary/aromatic N) is 1. The highest BCUT2D eigenvalue weighted by atomic mass is 32.2. The van der Waals surface area contributed by atoms with E-state index in [1.165, 1.54) is 11.3 Å². The molecule has 0 fully saturated rings.